The summed E-state index contributed by atoms with van der Waals surface area (Å²) in [5, 5.41) is 8.93. The summed E-state index contributed by atoms with van der Waals surface area (Å²) >= 11 is 1.19. The number of rotatable bonds is 7. The van der Waals surface area contributed by atoms with Gasteiger partial charge in [-0.25, -0.2) is 4.79 Å². The van der Waals surface area contributed by atoms with Crippen LogP contribution in [0, 0.1) is 0 Å². The van der Waals surface area contributed by atoms with Crippen molar-refractivity contribution in [3.8, 4) is 11.4 Å². The van der Waals surface area contributed by atoms with E-state index in [0.717, 1.165) is 16.0 Å². The number of nitrogens with one attached hydrogen (secondary N) is 1. The number of aromatic nitrogens is 5. The second-order valence-corrected chi connectivity index (χ2v) is 8.48. The summed E-state index contributed by atoms with van der Waals surface area (Å²) in [5.41, 5.74) is 6.48. The average molecular weight is 478 g/mol. The van der Waals surface area contributed by atoms with Crippen LogP contribution in [0.4, 0.5) is 11.5 Å². The molecule has 2 heterocycles. The second-order valence-electron chi connectivity index (χ2n) is 7.54. The summed E-state index contributed by atoms with van der Waals surface area (Å²) in [6.45, 7) is 0.160. The van der Waals surface area contributed by atoms with Crippen molar-refractivity contribution >= 4 is 29.2 Å². The van der Waals surface area contributed by atoms with E-state index < -0.39 is 11.2 Å². The molecular weight excluding hydrogens is 454 g/mol. The first-order chi connectivity index (χ1) is 16.4. The highest BCUT2D eigenvalue weighted by atomic mass is 32.2. The Morgan fingerprint density at radius 1 is 1.06 bits per heavy atom. The van der Waals surface area contributed by atoms with Gasteiger partial charge in [0.1, 0.15) is 5.82 Å². The molecule has 4 aromatic rings. The fourth-order valence-corrected chi connectivity index (χ4v) is 4.28. The highest BCUT2D eigenvalue weighted by Gasteiger charge is 2.22. The molecule has 2 aromatic heterocycles. The molecule has 10 nitrogen and oxygen atoms in total. The number of nitrogen functional groups attached to an aromatic ring is 1. The number of carbonyl (C=O) groups excluding carboxylic acids is 1. The Kier molecular flexibility index (Phi) is 6.64. The van der Waals surface area contributed by atoms with E-state index in [2.05, 4.69) is 15.2 Å². The van der Waals surface area contributed by atoms with Crippen molar-refractivity contribution in [2.24, 2.45) is 7.05 Å². The van der Waals surface area contributed by atoms with Gasteiger partial charge in [-0.1, -0.05) is 72.4 Å². The highest BCUT2D eigenvalue weighted by molar-refractivity contribution is 7.99. The van der Waals surface area contributed by atoms with Crippen molar-refractivity contribution in [1.82, 2.24) is 24.3 Å². The number of carbonyl (C=O) groups is 1. The maximum Gasteiger partial charge on any atom is 0.330 e. The lowest BCUT2D eigenvalue weighted by molar-refractivity contribution is -0.115. The van der Waals surface area contributed by atoms with Crippen LogP contribution in [0.3, 0.4) is 0 Å². The minimum atomic E-state index is -0.724. The zero-order valence-electron chi connectivity index (χ0n) is 18.6. The third kappa shape index (κ3) is 4.64. The van der Waals surface area contributed by atoms with Crippen molar-refractivity contribution in [2.75, 3.05) is 23.4 Å². The van der Waals surface area contributed by atoms with E-state index in [1.54, 1.807) is 4.57 Å². The highest BCUT2D eigenvalue weighted by Crippen LogP contribution is 2.23. The van der Waals surface area contributed by atoms with Crippen molar-refractivity contribution in [3.05, 3.63) is 87.1 Å². The van der Waals surface area contributed by atoms with Crippen LogP contribution in [0.2, 0.25) is 0 Å². The number of benzene rings is 2. The maximum absolute atomic E-state index is 12.9. The molecule has 0 aliphatic heterocycles. The molecule has 0 aliphatic rings. The molecule has 0 spiro atoms. The summed E-state index contributed by atoms with van der Waals surface area (Å²) in [6, 6.07) is 18.8. The second kappa shape index (κ2) is 9.79. The molecule has 0 saturated heterocycles. The molecule has 174 valence electrons. The zero-order chi connectivity index (χ0) is 24.2. The number of thioether (sulfide) groups is 1. The predicted octanol–water partition coefficient (Wildman–Crippen LogP) is 1.72. The number of hydrogen-bond acceptors (Lipinski definition) is 7. The Bertz CT molecular complexity index is 1430. The molecule has 2 aromatic carbocycles. The van der Waals surface area contributed by atoms with Crippen LogP contribution in [0.15, 0.2) is 75.4 Å². The lowest BCUT2D eigenvalue weighted by Crippen LogP contribution is -2.40. The van der Waals surface area contributed by atoms with Gasteiger partial charge >= 0.3 is 5.69 Å². The van der Waals surface area contributed by atoms with Gasteiger partial charge in [-0.2, -0.15) is 0 Å². The molecule has 3 N–H and O–H groups in total. The number of H-pyrrole nitrogens is 1. The zero-order valence-corrected chi connectivity index (χ0v) is 19.5. The number of nitrogens with zero attached hydrogens (tertiary/aromatic N) is 5. The topological polar surface area (TPSA) is 132 Å². The molecule has 34 heavy (non-hydrogen) atoms. The summed E-state index contributed by atoms with van der Waals surface area (Å²) < 4.78 is 3.03. The van der Waals surface area contributed by atoms with Gasteiger partial charge in [0.15, 0.2) is 16.7 Å². The minimum Gasteiger partial charge on any atom is -0.383 e. The Labute approximate surface area is 199 Å². The fourth-order valence-electron chi connectivity index (χ4n) is 3.45. The molecule has 0 saturated carbocycles. The Hall–Kier alpha value is -4.12. The van der Waals surface area contributed by atoms with Crippen LogP contribution in [-0.2, 0) is 18.4 Å². The van der Waals surface area contributed by atoms with Gasteiger partial charge in [0.2, 0.25) is 5.91 Å². The van der Waals surface area contributed by atoms with Crippen LogP contribution in [-0.4, -0.2) is 43.0 Å². The summed E-state index contributed by atoms with van der Waals surface area (Å²) in [5.74, 6) is 0.214. The van der Waals surface area contributed by atoms with E-state index >= 15 is 0 Å². The van der Waals surface area contributed by atoms with Gasteiger partial charge < -0.3 is 15.2 Å². The van der Waals surface area contributed by atoms with Crippen LogP contribution in [0.1, 0.15) is 5.56 Å². The summed E-state index contributed by atoms with van der Waals surface area (Å²) in [6.07, 6.45) is 0. The van der Waals surface area contributed by atoms with E-state index in [1.807, 2.05) is 67.7 Å². The standard InChI is InChI=1S/C23H23N7O3S/c1-28(17(31)14-34-23-27-26-20(29(23)2)16-11-7-4-8-12-16)18-19(24)30(22(33)25-21(18)32)13-15-9-5-3-6-10-15/h3-12H,13-14,24H2,1-2H3,(H,25,32,33). The lowest BCUT2D eigenvalue weighted by Gasteiger charge is -2.20. The summed E-state index contributed by atoms with van der Waals surface area (Å²) in [4.78, 5) is 41.2. The lowest BCUT2D eigenvalue weighted by atomic mass is 10.2. The van der Waals surface area contributed by atoms with Gasteiger partial charge in [-0.05, 0) is 5.56 Å². The fraction of sp³-hybridized carbons (Fsp3) is 0.174. The van der Waals surface area contributed by atoms with Crippen LogP contribution < -0.4 is 21.9 Å². The molecular formula is C23H23N7O3S. The molecule has 0 fully saturated rings. The van der Waals surface area contributed by atoms with Gasteiger partial charge in [0.25, 0.3) is 5.56 Å². The van der Waals surface area contributed by atoms with E-state index in [1.165, 1.54) is 23.4 Å². The van der Waals surface area contributed by atoms with E-state index in [9.17, 15) is 14.4 Å². The Morgan fingerprint density at radius 2 is 1.71 bits per heavy atom. The molecule has 0 radical (unpaired) electrons. The minimum absolute atomic E-state index is 0.00600. The number of aromatic amines is 1. The first kappa shape index (κ1) is 23.1. The average Bonchev–Trinajstić information content (AvgIpc) is 3.21. The molecule has 0 bridgehead atoms. The number of nitrogens with two attached hydrogens (primary N) is 1. The van der Waals surface area contributed by atoms with Crippen molar-refractivity contribution in [3.63, 3.8) is 0 Å². The third-order valence-corrected chi connectivity index (χ3v) is 6.30. The van der Waals surface area contributed by atoms with Crippen molar-refractivity contribution in [2.45, 2.75) is 11.7 Å². The number of hydrogen-bond donors (Lipinski definition) is 2. The monoisotopic (exact) mass is 477 g/mol. The van der Waals surface area contributed by atoms with Crippen LogP contribution in [0.25, 0.3) is 11.4 Å². The smallest absolute Gasteiger partial charge is 0.330 e. The molecule has 11 heteroatoms. The third-order valence-electron chi connectivity index (χ3n) is 5.30. The Morgan fingerprint density at radius 3 is 2.38 bits per heavy atom. The van der Waals surface area contributed by atoms with Crippen molar-refractivity contribution in [1.29, 1.82) is 0 Å². The SMILES string of the molecule is CN(C(=O)CSc1nnc(-c2ccccc2)n1C)c1c(N)n(Cc2ccccc2)c(=O)[nH]c1=O. The molecule has 0 unspecified atom stereocenters. The predicted molar refractivity (Wildman–Crippen MR) is 132 cm³/mol. The largest absolute Gasteiger partial charge is 0.383 e. The number of amides is 1. The molecule has 0 atom stereocenters. The Balaban J connectivity index is 1.53. The molecule has 4 rings (SSSR count). The van der Waals surface area contributed by atoms with Gasteiger partial charge in [0, 0.05) is 19.7 Å². The van der Waals surface area contributed by atoms with E-state index in [0.29, 0.717) is 11.0 Å². The normalized spacial score (nSPS) is 10.9. The van der Waals surface area contributed by atoms with E-state index in [4.69, 9.17) is 5.73 Å². The van der Waals surface area contributed by atoms with E-state index in [-0.39, 0.29) is 29.7 Å². The van der Waals surface area contributed by atoms with Gasteiger partial charge in [0.05, 0.1) is 12.3 Å². The van der Waals surface area contributed by atoms with Gasteiger partial charge in [-0.3, -0.25) is 19.1 Å². The summed E-state index contributed by atoms with van der Waals surface area (Å²) in [7, 11) is 3.27. The van der Waals surface area contributed by atoms with Crippen molar-refractivity contribution < 1.29 is 4.79 Å². The molecule has 1 amide bonds. The number of anilines is 2. The maximum atomic E-state index is 12.9. The van der Waals surface area contributed by atoms with Crippen LogP contribution >= 0.6 is 11.8 Å². The first-order valence-electron chi connectivity index (χ1n) is 10.4. The first-order valence-corrected chi connectivity index (χ1v) is 11.4. The van der Waals surface area contributed by atoms with Crippen LogP contribution in [0.5, 0.6) is 0 Å². The molecule has 0 aliphatic carbocycles. The van der Waals surface area contributed by atoms with Gasteiger partial charge in [-0.15, -0.1) is 10.2 Å². The quantitative estimate of drug-likeness (QED) is 0.387.